The Hall–Kier alpha value is -4.13. The maximum absolute atomic E-state index is 14.3. The summed E-state index contributed by atoms with van der Waals surface area (Å²) >= 11 is 0. The van der Waals surface area contributed by atoms with E-state index in [0.29, 0.717) is 18.8 Å². The van der Waals surface area contributed by atoms with Gasteiger partial charge in [0.05, 0.1) is 18.5 Å². The van der Waals surface area contributed by atoms with Gasteiger partial charge in [-0.2, -0.15) is 0 Å². The third-order valence-corrected chi connectivity index (χ3v) is 6.40. The topological polar surface area (TPSA) is 65.5 Å². The molecule has 1 atom stereocenters. The minimum absolute atomic E-state index is 0.0768. The Bertz CT molecular complexity index is 1270. The number of para-hydroxylation sites is 1. The predicted molar refractivity (Wildman–Crippen MR) is 131 cm³/mol. The first-order valence-corrected chi connectivity index (χ1v) is 11.2. The number of rotatable bonds is 4. The quantitative estimate of drug-likeness (QED) is 0.556. The summed E-state index contributed by atoms with van der Waals surface area (Å²) in [6.07, 6.45) is 0. The van der Waals surface area contributed by atoms with Crippen molar-refractivity contribution in [3.05, 3.63) is 95.6 Å². The second-order valence-electron chi connectivity index (χ2n) is 8.69. The Morgan fingerprint density at radius 1 is 1.00 bits per heavy atom. The normalized spacial score (nSPS) is 19.3. The monoisotopic (exact) mass is 454 g/mol. The molecule has 2 aliphatic rings. The number of hydrazone groups is 1. The lowest BCUT2D eigenvalue weighted by molar-refractivity contribution is -0.137. The standard InChI is InChI=1S/C27H26N4O3/c1-19-13-15-22(16-14-19)31-27(2)26(33)29(17-20-9-5-4-6-10-20)18-21-11-7-8-12-23(21)30(27)24(28-31)25(32)34-3/h4-16H,17-18H2,1-3H3. The first-order valence-electron chi connectivity index (χ1n) is 11.2. The Morgan fingerprint density at radius 3 is 2.38 bits per heavy atom. The molecule has 0 bridgehead atoms. The number of methoxy groups -OCH3 is 1. The van der Waals surface area contributed by atoms with Crippen LogP contribution in [0.15, 0.2) is 84.0 Å². The summed E-state index contributed by atoms with van der Waals surface area (Å²) < 4.78 is 5.08. The average Bonchev–Trinajstić information content (AvgIpc) is 3.13. The van der Waals surface area contributed by atoms with Gasteiger partial charge in [0.2, 0.25) is 11.5 Å². The molecule has 7 nitrogen and oxygen atoms in total. The second kappa shape index (κ2) is 8.33. The van der Waals surface area contributed by atoms with Gasteiger partial charge >= 0.3 is 5.97 Å². The number of fused-ring (bicyclic) bond motifs is 3. The van der Waals surface area contributed by atoms with Gasteiger partial charge in [-0.3, -0.25) is 9.69 Å². The van der Waals surface area contributed by atoms with Crippen molar-refractivity contribution in [3.8, 4) is 0 Å². The maximum atomic E-state index is 14.3. The highest BCUT2D eigenvalue weighted by atomic mass is 16.5. The zero-order valence-electron chi connectivity index (χ0n) is 19.4. The molecule has 7 heteroatoms. The van der Waals surface area contributed by atoms with Gasteiger partial charge < -0.3 is 9.64 Å². The Kier molecular flexibility index (Phi) is 5.32. The maximum Gasteiger partial charge on any atom is 0.376 e. The van der Waals surface area contributed by atoms with Gasteiger partial charge in [-0.05, 0) is 43.2 Å². The van der Waals surface area contributed by atoms with Crippen LogP contribution in [0.1, 0.15) is 23.6 Å². The molecule has 172 valence electrons. The third-order valence-electron chi connectivity index (χ3n) is 6.40. The number of aryl methyl sites for hydroxylation is 1. The molecule has 2 aliphatic heterocycles. The predicted octanol–water partition coefficient (Wildman–Crippen LogP) is 4.07. The van der Waals surface area contributed by atoms with Crippen LogP contribution in [0.5, 0.6) is 0 Å². The molecule has 0 spiro atoms. The minimum Gasteiger partial charge on any atom is -0.463 e. The lowest BCUT2D eigenvalue weighted by Gasteiger charge is -2.40. The summed E-state index contributed by atoms with van der Waals surface area (Å²) in [5.41, 5.74) is 3.21. The summed E-state index contributed by atoms with van der Waals surface area (Å²) in [5.74, 6) is -0.677. The fraction of sp³-hybridized carbons (Fsp3) is 0.222. The van der Waals surface area contributed by atoms with E-state index in [1.807, 2.05) is 97.6 Å². The van der Waals surface area contributed by atoms with Crippen molar-refractivity contribution in [2.24, 2.45) is 5.10 Å². The van der Waals surface area contributed by atoms with Gasteiger partial charge in [-0.1, -0.05) is 66.2 Å². The van der Waals surface area contributed by atoms with Crippen LogP contribution in [0.2, 0.25) is 0 Å². The molecular formula is C27H26N4O3. The lowest BCUT2D eigenvalue weighted by Crippen LogP contribution is -2.63. The summed E-state index contributed by atoms with van der Waals surface area (Å²) in [5, 5.41) is 6.30. The third kappa shape index (κ3) is 3.41. The van der Waals surface area contributed by atoms with Crippen molar-refractivity contribution in [1.29, 1.82) is 0 Å². The van der Waals surface area contributed by atoms with Gasteiger partial charge in [-0.25, -0.2) is 9.80 Å². The van der Waals surface area contributed by atoms with Crippen molar-refractivity contribution in [2.45, 2.75) is 32.6 Å². The number of esters is 1. The lowest BCUT2D eigenvalue weighted by atomic mass is 10.1. The van der Waals surface area contributed by atoms with E-state index in [-0.39, 0.29) is 11.7 Å². The number of nitrogens with zero attached hydrogens (tertiary/aromatic N) is 4. The van der Waals surface area contributed by atoms with E-state index in [1.54, 1.807) is 9.91 Å². The number of anilines is 2. The number of benzene rings is 3. The summed E-state index contributed by atoms with van der Waals surface area (Å²) in [4.78, 5) is 30.8. The summed E-state index contributed by atoms with van der Waals surface area (Å²) in [7, 11) is 1.32. The number of carbonyl (C=O) groups excluding carboxylic acids is 2. The SMILES string of the molecule is COC(=O)C1=NN(c2ccc(C)cc2)C2(C)C(=O)N(Cc3ccccc3)Cc3ccccc3N12. The molecule has 0 N–H and O–H groups in total. The number of amidine groups is 1. The highest BCUT2D eigenvalue weighted by molar-refractivity contribution is 6.43. The van der Waals surface area contributed by atoms with E-state index in [0.717, 1.165) is 22.4 Å². The Labute approximate surface area is 198 Å². The molecule has 0 fully saturated rings. The van der Waals surface area contributed by atoms with Crippen molar-refractivity contribution in [2.75, 3.05) is 17.0 Å². The molecule has 0 saturated heterocycles. The molecule has 0 saturated carbocycles. The van der Waals surface area contributed by atoms with E-state index >= 15 is 0 Å². The molecule has 2 heterocycles. The largest absolute Gasteiger partial charge is 0.463 e. The van der Waals surface area contributed by atoms with E-state index in [9.17, 15) is 9.59 Å². The smallest absolute Gasteiger partial charge is 0.376 e. The molecule has 34 heavy (non-hydrogen) atoms. The van der Waals surface area contributed by atoms with E-state index in [2.05, 4.69) is 5.10 Å². The average molecular weight is 455 g/mol. The molecule has 3 aromatic carbocycles. The first kappa shape index (κ1) is 21.7. The van der Waals surface area contributed by atoms with Gasteiger partial charge in [0, 0.05) is 13.1 Å². The molecule has 1 unspecified atom stereocenters. The zero-order chi connectivity index (χ0) is 23.9. The fourth-order valence-corrected chi connectivity index (χ4v) is 4.66. The Balaban J connectivity index is 1.70. The van der Waals surface area contributed by atoms with E-state index in [4.69, 9.17) is 4.74 Å². The van der Waals surface area contributed by atoms with Crippen LogP contribution >= 0.6 is 0 Å². The van der Waals surface area contributed by atoms with Crippen molar-refractivity contribution < 1.29 is 14.3 Å². The van der Waals surface area contributed by atoms with Gasteiger partial charge in [0.15, 0.2) is 0 Å². The number of carbonyl (C=O) groups is 2. The van der Waals surface area contributed by atoms with Gasteiger partial charge in [0.1, 0.15) is 0 Å². The van der Waals surface area contributed by atoms with Gasteiger partial charge in [0.25, 0.3) is 5.91 Å². The highest BCUT2D eigenvalue weighted by Gasteiger charge is 2.57. The van der Waals surface area contributed by atoms with Crippen molar-refractivity contribution >= 4 is 29.1 Å². The summed E-state index contributed by atoms with van der Waals surface area (Å²) in [6.45, 7) is 4.66. The second-order valence-corrected chi connectivity index (χ2v) is 8.69. The number of ether oxygens (including phenoxy) is 1. The van der Waals surface area contributed by atoms with E-state index in [1.165, 1.54) is 7.11 Å². The number of hydrogen-bond donors (Lipinski definition) is 0. The fourth-order valence-electron chi connectivity index (χ4n) is 4.66. The van der Waals surface area contributed by atoms with E-state index < -0.39 is 11.6 Å². The minimum atomic E-state index is -1.31. The first-order chi connectivity index (χ1) is 16.4. The van der Waals surface area contributed by atoms with Crippen molar-refractivity contribution in [3.63, 3.8) is 0 Å². The molecule has 1 amide bonds. The molecule has 0 radical (unpaired) electrons. The number of amides is 1. The van der Waals surface area contributed by atoms with Crippen molar-refractivity contribution in [1.82, 2.24) is 4.90 Å². The van der Waals surface area contributed by atoms with Crippen LogP contribution in [-0.2, 0) is 27.4 Å². The number of hydrogen-bond acceptors (Lipinski definition) is 6. The van der Waals surface area contributed by atoms with Crippen LogP contribution in [0.25, 0.3) is 0 Å². The van der Waals surface area contributed by atoms with Crippen LogP contribution in [-0.4, -0.2) is 35.4 Å². The van der Waals surface area contributed by atoms with Crippen LogP contribution in [0.4, 0.5) is 11.4 Å². The van der Waals surface area contributed by atoms with Crippen LogP contribution in [0.3, 0.4) is 0 Å². The summed E-state index contributed by atoms with van der Waals surface area (Å²) in [6, 6.07) is 25.4. The van der Waals surface area contributed by atoms with Gasteiger partial charge in [-0.15, -0.1) is 5.10 Å². The molecular weight excluding hydrogens is 428 g/mol. The zero-order valence-corrected chi connectivity index (χ0v) is 19.4. The molecule has 0 aromatic heterocycles. The van der Waals surface area contributed by atoms with Crippen LogP contribution < -0.4 is 9.91 Å². The molecule has 5 rings (SSSR count). The highest BCUT2D eigenvalue weighted by Crippen LogP contribution is 2.42. The molecule has 3 aromatic rings. The Morgan fingerprint density at radius 2 is 1.68 bits per heavy atom. The molecule has 0 aliphatic carbocycles. The van der Waals surface area contributed by atoms with Crippen LogP contribution in [0, 0.1) is 6.92 Å².